The number of allylic oxidation sites excluding steroid dienone is 3. The van der Waals surface area contributed by atoms with E-state index < -0.39 is 15.8 Å². The van der Waals surface area contributed by atoms with Crippen molar-refractivity contribution in [3.8, 4) is 0 Å². The van der Waals surface area contributed by atoms with Gasteiger partial charge < -0.3 is 10.5 Å². The molecular weight excluding hydrogens is 422 g/mol. The zero-order chi connectivity index (χ0) is 21.7. The molecule has 2 aliphatic rings. The quantitative estimate of drug-likeness (QED) is 0.743. The number of ether oxygens (including phenoxy) is 1. The predicted octanol–water partition coefficient (Wildman–Crippen LogP) is 4.70. The Balaban J connectivity index is 1.96. The van der Waals surface area contributed by atoms with E-state index in [1.54, 1.807) is 42.5 Å². The van der Waals surface area contributed by atoms with Gasteiger partial charge in [-0.05, 0) is 35.2 Å². The first-order valence-electron chi connectivity index (χ1n) is 9.59. The molecule has 30 heavy (non-hydrogen) atoms. The second-order valence-corrected chi connectivity index (χ2v) is 10.8. The Kier molecular flexibility index (Phi) is 5.03. The molecule has 1 atom stereocenters. The summed E-state index contributed by atoms with van der Waals surface area (Å²) in [5.41, 5.74) is 6.90. The zero-order valence-electron chi connectivity index (χ0n) is 16.7. The maximum atomic E-state index is 13.6. The second kappa shape index (κ2) is 7.29. The first-order valence-corrected chi connectivity index (χ1v) is 11.5. The Labute approximate surface area is 181 Å². The minimum absolute atomic E-state index is 0.0955. The summed E-state index contributed by atoms with van der Waals surface area (Å²) < 4.78 is 33.0. The monoisotopic (exact) mass is 443 g/mol. The Morgan fingerprint density at radius 3 is 2.30 bits per heavy atom. The summed E-state index contributed by atoms with van der Waals surface area (Å²) in [6.45, 7) is 3.96. The van der Waals surface area contributed by atoms with E-state index in [0.717, 1.165) is 0 Å². The van der Waals surface area contributed by atoms with E-state index in [9.17, 15) is 13.2 Å². The number of nitrogens with two attached hydrogens (primary N) is 1. The minimum Gasteiger partial charge on any atom is -0.444 e. The van der Waals surface area contributed by atoms with Crippen LogP contribution in [-0.2, 0) is 19.4 Å². The molecule has 0 unspecified atom stereocenters. The highest BCUT2D eigenvalue weighted by Crippen LogP contribution is 2.50. The first kappa shape index (κ1) is 20.7. The maximum absolute atomic E-state index is 13.6. The van der Waals surface area contributed by atoms with Crippen LogP contribution in [0.3, 0.4) is 0 Å². The van der Waals surface area contributed by atoms with Gasteiger partial charge in [0.25, 0.3) is 0 Å². The van der Waals surface area contributed by atoms with Crippen LogP contribution in [0.5, 0.6) is 0 Å². The number of benzene rings is 2. The number of hydrogen-bond donors (Lipinski definition) is 1. The standard InChI is InChI=1S/C23H22ClNO4S/c1-23(2)12-17(26)20-18(13-23)29-22(25)21(19(20)14-8-10-15(24)11-9-14)30(27,28)16-6-4-3-5-7-16/h3-11,19H,12-13,25H2,1-2H3/t19-/m1/s1. The van der Waals surface area contributed by atoms with E-state index in [4.69, 9.17) is 22.1 Å². The smallest absolute Gasteiger partial charge is 0.208 e. The van der Waals surface area contributed by atoms with Crippen LogP contribution in [0.4, 0.5) is 0 Å². The molecule has 1 heterocycles. The summed E-state index contributed by atoms with van der Waals surface area (Å²) in [6.07, 6.45) is 0.801. The third-order valence-corrected chi connectivity index (χ3v) is 7.61. The van der Waals surface area contributed by atoms with Crippen molar-refractivity contribution in [3.05, 3.63) is 87.3 Å². The highest BCUT2D eigenvalue weighted by molar-refractivity contribution is 7.95. The average Bonchev–Trinajstić information content (AvgIpc) is 2.67. The molecule has 2 N–H and O–H groups in total. The highest BCUT2D eigenvalue weighted by Gasteiger charge is 2.46. The fourth-order valence-electron chi connectivity index (χ4n) is 4.13. The van der Waals surface area contributed by atoms with Crippen molar-refractivity contribution in [1.29, 1.82) is 0 Å². The fraction of sp³-hybridized carbons (Fsp3) is 0.261. The van der Waals surface area contributed by atoms with Crippen LogP contribution in [0.15, 0.2) is 81.6 Å². The molecule has 0 aromatic heterocycles. The molecule has 1 aliphatic heterocycles. The summed E-state index contributed by atoms with van der Waals surface area (Å²) >= 11 is 6.05. The summed E-state index contributed by atoms with van der Waals surface area (Å²) in [5.74, 6) is -0.724. The molecule has 0 amide bonds. The van der Waals surface area contributed by atoms with E-state index in [2.05, 4.69) is 0 Å². The molecule has 0 bridgehead atoms. The van der Waals surface area contributed by atoms with Gasteiger partial charge in [0.05, 0.1) is 10.8 Å². The first-order chi connectivity index (χ1) is 14.1. The third-order valence-electron chi connectivity index (χ3n) is 5.45. The lowest BCUT2D eigenvalue weighted by atomic mass is 9.72. The Morgan fingerprint density at radius 1 is 1.03 bits per heavy atom. The van der Waals surface area contributed by atoms with Crippen molar-refractivity contribution in [2.24, 2.45) is 11.1 Å². The van der Waals surface area contributed by atoms with Crippen LogP contribution < -0.4 is 5.73 Å². The van der Waals surface area contributed by atoms with Gasteiger partial charge in [-0.3, -0.25) is 4.79 Å². The number of hydrogen-bond acceptors (Lipinski definition) is 5. The van der Waals surface area contributed by atoms with Crippen molar-refractivity contribution in [2.75, 3.05) is 0 Å². The van der Waals surface area contributed by atoms with Gasteiger partial charge in [-0.1, -0.05) is 55.8 Å². The molecule has 2 aromatic carbocycles. The van der Waals surface area contributed by atoms with E-state index >= 15 is 0 Å². The Bertz CT molecular complexity index is 1180. The average molecular weight is 444 g/mol. The van der Waals surface area contributed by atoms with Crippen LogP contribution in [0.1, 0.15) is 38.2 Å². The molecule has 4 rings (SSSR count). The van der Waals surface area contributed by atoms with Crippen LogP contribution in [-0.4, -0.2) is 14.2 Å². The van der Waals surface area contributed by atoms with Gasteiger partial charge in [-0.25, -0.2) is 8.42 Å². The summed E-state index contributed by atoms with van der Waals surface area (Å²) in [5, 5.41) is 0.514. The largest absolute Gasteiger partial charge is 0.444 e. The van der Waals surface area contributed by atoms with Crippen molar-refractivity contribution in [2.45, 2.75) is 37.5 Å². The normalized spacial score (nSPS) is 21.3. The van der Waals surface area contributed by atoms with Crippen LogP contribution in [0, 0.1) is 5.41 Å². The van der Waals surface area contributed by atoms with Crippen LogP contribution in [0.2, 0.25) is 5.02 Å². The molecule has 2 aromatic rings. The van der Waals surface area contributed by atoms with Gasteiger partial charge in [-0.15, -0.1) is 0 Å². The molecule has 5 nitrogen and oxygen atoms in total. The lowest BCUT2D eigenvalue weighted by Crippen LogP contribution is -2.35. The van der Waals surface area contributed by atoms with E-state index in [0.29, 0.717) is 34.8 Å². The number of sulfone groups is 1. The molecule has 0 saturated heterocycles. The lowest BCUT2D eigenvalue weighted by molar-refractivity contribution is -0.119. The van der Waals surface area contributed by atoms with E-state index in [1.807, 2.05) is 13.8 Å². The number of carbonyl (C=O) groups is 1. The van der Waals surface area contributed by atoms with Crippen LogP contribution >= 0.6 is 11.6 Å². The molecule has 7 heteroatoms. The highest BCUT2D eigenvalue weighted by atomic mass is 35.5. The van der Waals surface area contributed by atoms with Gasteiger partial charge in [0.15, 0.2) is 5.78 Å². The predicted molar refractivity (Wildman–Crippen MR) is 115 cm³/mol. The molecule has 1 aliphatic carbocycles. The maximum Gasteiger partial charge on any atom is 0.208 e. The lowest BCUT2D eigenvalue weighted by Gasteiger charge is -2.38. The van der Waals surface area contributed by atoms with Gasteiger partial charge in [0.2, 0.25) is 15.7 Å². The number of Topliss-reactive ketones (excluding diaryl/α,β-unsaturated/α-hetero) is 1. The van der Waals surface area contributed by atoms with Gasteiger partial charge in [0.1, 0.15) is 10.7 Å². The van der Waals surface area contributed by atoms with Crippen molar-refractivity contribution >= 4 is 27.2 Å². The Hall–Kier alpha value is -2.57. The van der Waals surface area contributed by atoms with Gasteiger partial charge in [-0.2, -0.15) is 0 Å². The van der Waals surface area contributed by atoms with Crippen molar-refractivity contribution in [1.82, 2.24) is 0 Å². The van der Waals surface area contributed by atoms with E-state index in [1.165, 1.54) is 12.1 Å². The van der Waals surface area contributed by atoms with Gasteiger partial charge >= 0.3 is 0 Å². The minimum atomic E-state index is -4.01. The van der Waals surface area contributed by atoms with Gasteiger partial charge in [0, 0.05) is 23.4 Å². The SMILES string of the molecule is CC1(C)CC(=O)C2=C(C1)OC(N)=C(S(=O)(=O)c1ccccc1)[C@@H]2c1ccc(Cl)cc1. The molecule has 156 valence electrons. The second-order valence-electron chi connectivity index (χ2n) is 8.41. The molecule has 0 radical (unpaired) electrons. The number of carbonyl (C=O) groups excluding carboxylic acids is 1. The third kappa shape index (κ3) is 3.55. The summed E-state index contributed by atoms with van der Waals surface area (Å²) in [4.78, 5) is 13.2. The molecule has 0 spiro atoms. The molecule has 0 fully saturated rings. The Morgan fingerprint density at radius 2 is 1.67 bits per heavy atom. The molecule has 0 saturated carbocycles. The number of ketones is 1. The zero-order valence-corrected chi connectivity index (χ0v) is 18.3. The van der Waals surface area contributed by atoms with Crippen LogP contribution in [0.25, 0.3) is 0 Å². The van der Waals surface area contributed by atoms with E-state index in [-0.39, 0.29) is 26.9 Å². The summed E-state index contributed by atoms with van der Waals surface area (Å²) in [7, 11) is -4.01. The fourth-order valence-corrected chi connectivity index (χ4v) is 5.90. The van der Waals surface area contributed by atoms with Crippen molar-refractivity contribution < 1.29 is 17.9 Å². The topological polar surface area (TPSA) is 86.5 Å². The number of halogens is 1. The van der Waals surface area contributed by atoms with Crippen molar-refractivity contribution in [3.63, 3.8) is 0 Å². The summed E-state index contributed by atoms with van der Waals surface area (Å²) in [6, 6.07) is 14.8. The number of rotatable bonds is 3. The molecular formula is C23H22ClNO4S.